The molecule has 0 amide bonds. The second kappa shape index (κ2) is 45.2. The molecule has 173 valence electrons. The van der Waals surface area contributed by atoms with E-state index in [-0.39, 0.29) is 98.2 Å². The van der Waals surface area contributed by atoms with Gasteiger partial charge in [0.2, 0.25) is 0 Å². The molecule has 0 spiro atoms. The Morgan fingerprint density at radius 2 is 0.586 bits per heavy atom. The third-order valence-corrected chi connectivity index (χ3v) is 1.22. The summed E-state index contributed by atoms with van der Waals surface area (Å²) in [6, 6.07) is 0. The maximum absolute atomic E-state index is 9.98. The van der Waals surface area contributed by atoms with Crippen LogP contribution in [0.15, 0.2) is 35.5 Å². The first-order chi connectivity index (χ1) is 9.38. The Hall–Kier alpha value is -1.75. The van der Waals surface area contributed by atoms with Crippen LogP contribution >= 0.6 is 0 Å². The normalized spacial score (nSPS) is 8.28. The summed E-state index contributed by atoms with van der Waals surface area (Å²) in [5.41, 5.74) is 0. The van der Waals surface area contributed by atoms with E-state index in [9.17, 15) is 29.7 Å². The molecule has 0 N–H and O–H groups in total. The Labute approximate surface area is 187 Å². The van der Waals surface area contributed by atoms with Crippen LogP contribution in [0.3, 0.4) is 0 Å². The maximum atomic E-state index is 9.98. The summed E-state index contributed by atoms with van der Waals surface area (Å²) >= 11 is 0. The summed E-state index contributed by atoms with van der Waals surface area (Å²) in [6.07, 6.45) is 3.17. The van der Waals surface area contributed by atoms with E-state index in [1.165, 1.54) is 41.5 Å². The molecule has 0 aliphatic heterocycles. The zero-order valence-corrected chi connectivity index (χ0v) is 19.9. The molecule has 0 rings (SSSR count). The summed E-state index contributed by atoms with van der Waals surface area (Å²) in [7, 11) is 0. The minimum atomic E-state index is -0.187. The van der Waals surface area contributed by atoms with Crippen LogP contribution < -0.4 is 43.5 Å². The number of allylic oxidation sites excluding steroid dienone is 6. The zero-order valence-electron chi connectivity index (χ0n) is 16.4. The van der Waals surface area contributed by atoms with Crippen LogP contribution in [0.4, 0.5) is 0 Å². The predicted molar refractivity (Wildman–Crippen MR) is 84.8 cm³/mol. The Morgan fingerprint density at radius 1 is 0.483 bits per heavy atom. The SMILES string of the molecule is CC(=O)/C=C(/C)[O-].CC(=O)/C=C(/C)[O-].CC(=O)/C=C(/C)[O-].[F-].[F-].[F-].[F-].[F-].[F-].[Sb].[Si+4]. The molecule has 0 aromatic rings. The molecular formula is C15H21F6O6SbSi-5. The van der Waals surface area contributed by atoms with Crippen molar-refractivity contribution in [3.63, 3.8) is 0 Å². The topological polar surface area (TPSA) is 120 Å². The summed E-state index contributed by atoms with van der Waals surface area (Å²) < 4.78 is 0. The number of ketones is 3. The Bertz CT molecular complexity index is 396. The van der Waals surface area contributed by atoms with Gasteiger partial charge in [-0.3, -0.25) is 14.4 Å². The summed E-state index contributed by atoms with van der Waals surface area (Å²) in [5.74, 6) is -1.12. The van der Waals surface area contributed by atoms with Gasteiger partial charge in [-0.1, -0.05) is 20.8 Å². The number of hydrogen-bond donors (Lipinski definition) is 0. The molecule has 0 unspecified atom stereocenters. The van der Waals surface area contributed by atoms with Crippen molar-refractivity contribution in [1.82, 2.24) is 0 Å². The molecule has 0 atom stereocenters. The molecule has 0 saturated carbocycles. The molecule has 0 saturated heterocycles. The fourth-order valence-corrected chi connectivity index (χ4v) is 0.859. The monoisotopic (exact) mass is 560 g/mol. The number of halogens is 6. The third-order valence-electron chi connectivity index (χ3n) is 1.22. The van der Waals surface area contributed by atoms with E-state index in [0.717, 1.165) is 18.2 Å². The zero-order chi connectivity index (χ0) is 17.6. The van der Waals surface area contributed by atoms with Crippen molar-refractivity contribution in [2.75, 3.05) is 0 Å². The van der Waals surface area contributed by atoms with E-state index in [4.69, 9.17) is 0 Å². The van der Waals surface area contributed by atoms with Crippen molar-refractivity contribution >= 4 is 52.7 Å². The average molecular weight is 561 g/mol. The second-order valence-electron chi connectivity index (χ2n) is 4.10. The fraction of sp³-hybridized carbons (Fsp3) is 0.400. The van der Waals surface area contributed by atoms with Crippen LogP contribution in [0.25, 0.3) is 0 Å². The van der Waals surface area contributed by atoms with Crippen LogP contribution in [0.2, 0.25) is 0 Å². The van der Waals surface area contributed by atoms with Crippen molar-refractivity contribution in [3.05, 3.63) is 35.5 Å². The number of rotatable bonds is 3. The van der Waals surface area contributed by atoms with Gasteiger partial charge < -0.3 is 43.5 Å². The first-order valence-corrected chi connectivity index (χ1v) is 5.96. The smallest absolute Gasteiger partial charge is 1.00 e. The van der Waals surface area contributed by atoms with Crippen molar-refractivity contribution in [2.24, 2.45) is 0 Å². The molecule has 0 aliphatic rings. The van der Waals surface area contributed by atoms with Gasteiger partial charge in [-0.2, -0.15) is 0 Å². The molecule has 0 aromatic carbocycles. The van der Waals surface area contributed by atoms with E-state index in [0.29, 0.717) is 0 Å². The molecular weight excluding hydrogens is 540 g/mol. The molecule has 0 bridgehead atoms. The van der Waals surface area contributed by atoms with Gasteiger partial charge in [0.05, 0.1) is 0 Å². The van der Waals surface area contributed by atoms with Crippen molar-refractivity contribution < 1.29 is 57.9 Å². The molecule has 29 heavy (non-hydrogen) atoms. The molecule has 0 aliphatic carbocycles. The second-order valence-corrected chi connectivity index (χ2v) is 4.10. The minimum absolute atomic E-state index is 0. The van der Waals surface area contributed by atoms with E-state index in [1.807, 2.05) is 0 Å². The van der Waals surface area contributed by atoms with Gasteiger partial charge in [-0.15, -0.1) is 17.3 Å². The number of carbonyl (C=O) groups excluding carboxylic acids is 3. The Morgan fingerprint density at radius 3 is 0.586 bits per heavy atom. The Kier molecular flexibility index (Phi) is 111. The van der Waals surface area contributed by atoms with Gasteiger partial charge in [0.15, 0.2) is 17.3 Å². The molecule has 0 heterocycles. The number of carbonyl (C=O) groups is 3. The van der Waals surface area contributed by atoms with Crippen molar-refractivity contribution in [2.45, 2.75) is 41.5 Å². The first kappa shape index (κ1) is 71.1. The van der Waals surface area contributed by atoms with Crippen molar-refractivity contribution in [1.29, 1.82) is 0 Å². The molecule has 3 radical (unpaired) electrons. The third kappa shape index (κ3) is 147. The predicted octanol–water partition coefficient (Wildman–Crippen LogP) is -19.2. The Balaban J connectivity index is -0.0000000164. The summed E-state index contributed by atoms with van der Waals surface area (Å²) in [6.45, 7) is 8.09. The van der Waals surface area contributed by atoms with Gasteiger partial charge in [-0.05, 0) is 39.0 Å². The summed E-state index contributed by atoms with van der Waals surface area (Å²) in [4.78, 5) is 29.9. The number of hydrogen-bond acceptors (Lipinski definition) is 6. The summed E-state index contributed by atoms with van der Waals surface area (Å²) in [5, 5.41) is 29.9. The van der Waals surface area contributed by atoms with Crippen LogP contribution in [0, 0.1) is 0 Å². The maximum Gasteiger partial charge on any atom is 4.00 e. The van der Waals surface area contributed by atoms with E-state index in [1.54, 1.807) is 0 Å². The largest absolute Gasteiger partial charge is 4.00 e. The van der Waals surface area contributed by atoms with Crippen LogP contribution in [-0.2, 0) is 14.4 Å². The van der Waals surface area contributed by atoms with Gasteiger partial charge in [0.25, 0.3) is 0 Å². The molecule has 0 fully saturated rings. The minimum Gasteiger partial charge on any atom is -1.00 e. The van der Waals surface area contributed by atoms with E-state index < -0.39 is 0 Å². The van der Waals surface area contributed by atoms with Crippen LogP contribution in [0.5, 0.6) is 0 Å². The average Bonchev–Trinajstić information content (AvgIpc) is 2.10. The van der Waals surface area contributed by atoms with Gasteiger partial charge in [-0.25, -0.2) is 0 Å². The van der Waals surface area contributed by atoms with E-state index in [2.05, 4.69) is 0 Å². The van der Waals surface area contributed by atoms with Crippen molar-refractivity contribution in [3.8, 4) is 0 Å². The van der Waals surface area contributed by atoms with E-state index >= 15 is 0 Å². The molecule has 6 nitrogen and oxygen atoms in total. The van der Waals surface area contributed by atoms with Gasteiger partial charge in [0, 0.05) is 24.4 Å². The molecule has 14 heteroatoms. The standard InChI is InChI=1S/3C5H8O2.6FH.Sb.Si/c3*1-4(6)3-5(2)7;;;;;;;;/h3*3,6H,1-2H3;6*1H;;/q;;;;;;;;;;+4/p-9/b3*4-3-;;;;;;;;. The fourth-order valence-electron chi connectivity index (χ4n) is 0.859. The molecule has 0 aromatic heterocycles. The van der Waals surface area contributed by atoms with Crippen LogP contribution in [-0.4, -0.2) is 52.7 Å². The quantitative estimate of drug-likeness (QED) is 0.146. The van der Waals surface area contributed by atoms with Gasteiger partial charge in [0.1, 0.15) is 0 Å². The van der Waals surface area contributed by atoms with Gasteiger partial charge >= 0.3 is 11.0 Å². The first-order valence-electron chi connectivity index (χ1n) is 5.96. The van der Waals surface area contributed by atoms with Crippen LogP contribution in [0.1, 0.15) is 41.5 Å².